The van der Waals surface area contributed by atoms with Crippen molar-refractivity contribution in [3.05, 3.63) is 45.4 Å². The second-order valence-electron chi connectivity index (χ2n) is 4.42. The molecule has 2 aromatic carbocycles. The zero-order valence-electron chi connectivity index (χ0n) is 11.1. The molecule has 1 aromatic heterocycles. The summed E-state index contributed by atoms with van der Waals surface area (Å²) < 4.78 is 11.1. The number of nitrogens with two attached hydrogens (primary N) is 1. The summed E-state index contributed by atoms with van der Waals surface area (Å²) in [5.74, 6) is 0.197. The van der Waals surface area contributed by atoms with Crippen LogP contribution >= 0.6 is 15.9 Å². The third-order valence-corrected chi connectivity index (χ3v) is 3.68. The highest BCUT2D eigenvalue weighted by atomic mass is 79.9. The van der Waals surface area contributed by atoms with Gasteiger partial charge in [0.25, 0.3) is 0 Å². The first-order valence-electron chi connectivity index (χ1n) is 6.10. The molecule has 21 heavy (non-hydrogen) atoms. The number of ether oxygens (including phenoxy) is 1. The van der Waals surface area contributed by atoms with Crippen LogP contribution in [0.2, 0.25) is 0 Å². The molecular formula is C14H12BrN3O3. The number of nitrogen functional groups attached to an aromatic ring is 1. The van der Waals surface area contributed by atoms with Gasteiger partial charge in [0, 0.05) is 17.8 Å². The number of oxazole rings is 1. The Bertz CT molecular complexity index is 870. The maximum atomic E-state index is 11.2. The van der Waals surface area contributed by atoms with Gasteiger partial charge in [-0.25, -0.2) is 4.79 Å². The van der Waals surface area contributed by atoms with Crippen molar-refractivity contribution in [1.82, 2.24) is 4.98 Å². The molecule has 108 valence electrons. The summed E-state index contributed by atoms with van der Waals surface area (Å²) in [6.45, 7) is 0. The van der Waals surface area contributed by atoms with E-state index in [4.69, 9.17) is 14.9 Å². The molecule has 3 aromatic rings. The van der Waals surface area contributed by atoms with E-state index in [0.717, 1.165) is 10.2 Å². The van der Waals surface area contributed by atoms with Crippen LogP contribution < -0.4 is 21.5 Å². The lowest BCUT2D eigenvalue weighted by atomic mass is 10.2. The average molecular weight is 350 g/mol. The fraction of sp³-hybridized carbons (Fsp3) is 0.0714. The van der Waals surface area contributed by atoms with Crippen molar-refractivity contribution in [3.8, 4) is 5.75 Å². The number of nitrogens with one attached hydrogen (secondary N) is 2. The molecule has 7 heteroatoms. The number of halogens is 1. The van der Waals surface area contributed by atoms with Crippen molar-refractivity contribution in [1.29, 1.82) is 0 Å². The number of aromatic amines is 1. The number of rotatable bonds is 3. The zero-order chi connectivity index (χ0) is 15.0. The van der Waals surface area contributed by atoms with Crippen LogP contribution in [0.3, 0.4) is 0 Å². The van der Waals surface area contributed by atoms with Gasteiger partial charge < -0.3 is 20.2 Å². The molecule has 0 radical (unpaired) electrons. The Labute approximate surface area is 128 Å². The van der Waals surface area contributed by atoms with Crippen molar-refractivity contribution < 1.29 is 9.15 Å². The maximum Gasteiger partial charge on any atom is 0.417 e. The first-order valence-corrected chi connectivity index (χ1v) is 6.89. The quantitative estimate of drug-likeness (QED) is 0.631. The molecule has 0 unspecified atom stereocenters. The van der Waals surface area contributed by atoms with Gasteiger partial charge in [-0.05, 0) is 34.1 Å². The number of H-pyrrole nitrogens is 1. The summed E-state index contributed by atoms with van der Waals surface area (Å²) in [6, 6.07) is 8.92. The Morgan fingerprint density at radius 3 is 2.90 bits per heavy atom. The van der Waals surface area contributed by atoms with Crippen molar-refractivity contribution in [3.63, 3.8) is 0 Å². The van der Waals surface area contributed by atoms with Crippen LogP contribution in [0.1, 0.15) is 0 Å². The molecule has 1 heterocycles. The molecular weight excluding hydrogens is 338 g/mol. The molecule has 0 aliphatic rings. The highest BCUT2D eigenvalue weighted by Crippen LogP contribution is 2.32. The number of benzene rings is 2. The van der Waals surface area contributed by atoms with Gasteiger partial charge in [0.2, 0.25) is 0 Å². The Kier molecular flexibility index (Phi) is 3.34. The van der Waals surface area contributed by atoms with E-state index in [2.05, 4.69) is 26.2 Å². The lowest BCUT2D eigenvalue weighted by Crippen LogP contribution is -1.97. The molecule has 0 fully saturated rings. The van der Waals surface area contributed by atoms with E-state index < -0.39 is 5.76 Å². The molecule has 6 nitrogen and oxygen atoms in total. The molecule has 0 atom stereocenters. The standard InChI is InChI=1S/C14H12BrN3O3/c1-20-12-4-7(2-3-8(12)15)17-10-6-11-13(5-9(10)16)21-14(19)18-11/h2-6,17H,16H2,1H3,(H,18,19). The van der Waals surface area contributed by atoms with Crippen LogP contribution in [0.4, 0.5) is 17.1 Å². The molecule has 0 saturated carbocycles. The van der Waals surface area contributed by atoms with Crippen molar-refractivity contribution in [2.45, 2.75) is 0 Å². The SMILES string of the molecule is COc1cc(Nc2cc3[nH]c(=O)oc3cc2N)ccc1Br. The first kappa shape index (κ1) is 13.6. The predicted molar refractivity (Wildman–Crippen MR) is 85.2 cm³/mol. The molecule has 3 rings (SSSR count). The number of hydrogen-bond acceptors (Lipinski definition) is 5. The van der Waals surface area contributed by atoms with E-state index in [-0.39, 0.29) is 0 Å². The number of anilines is 3. The van der Waals surface area contributed by atoms with Crippen LogP contribution in [0, 0.1) is 0 Å². The van der Waals surface area contributed by atoms with E-state index in [1.165, 1.54) is 0 Å². The summed E-state index contributed by atoms with van der Waals surface area (Å²) in [7, 11) is 1.60. The van der Waals surface area contributed by atoms with E-state index in [0.29, 0.717) is 28.2 Å². The molecule has 0 saturated heterocycles. The third-order valence-electron chi connectivity index (χ3n) is 3.02. The molecule has 0 amide bonds. The average Bonchev–Trinajstić information content (AvgIpc) is 2.80. The van der Waals surface area contributed by atoms with Crippen LogP contribution in [-0.4, -0.2) is 12.1 Å². The number of methoxy groups -OCH3 is 1. The summed E-state index contributed by atoms with van der Waals surface area (Å²) >= 11 is 3.40. The fourth-order valence-electron chi connectivity index (χ4n) is 2.01. The first-order chi connectivity index (χ1) is 10.1. The molecule has 0 spiro atoms. The molecule has 4 N–H and O–H groups in total. The number of hydrogen-bond donors (Lipinski definition) is 3. The lowest BCUT2D eigenvalue weighted by Gasteiger charge is -2.11. The van der Waals surface area contributed by atoms with Crippen molar-refractivity contribution in [2.24, 2.45) is 0 Å². The van der Waals surface area contributed by atoms with Crippen molar-refractivity contribution in [2.75, 3.05) is 18.2 Å². The molecule has 0 aliphatic heterocycles. The zero-order valence-corrected chi connectivity index (χ0v) is 12.7. The summed E-state index contributed by atoms with van der Waals surface area (Å²) in [6.07, 6.45) is 0. The van der Waals surface area contributed by atoms with E-state index in [9.17, 15) is 4.79 Å². The molecule has 0 bridgehead atoms. The van der Waals surface area contributed by atoms with Gasteiger partial charge >= 0.3 is 5.76 Å². The van der Waals surface area contributed by atoms with Crippen LogP contribution in [0.5, 0.6) is 5.75 Å². The van der Waals surface area contributed by atoms with Gasteiger partial charge in [0.05, 0.1) is 28.5 Å². The number of fused-ring (bicyclic) bond motifs is 1. The van der Waals surface area contributed by atoms with Gasteiger partial charge in [-0.1, -0.05) is 0 Å². The fourth-order valence-corrected chi connectivity index (χ4v) is 2.42. The van der Waals surface area contributed by atoms with Crippen LogP contribution in [0.25, 0.3) is 11.1 Å². The minimum Gasteiger partial charge on any atom is -0.495 e. The topological polar surface area (TPSA) is 93.3 Å². The lowest BCUT2D eigenvalue weighted by molar-refractivity contribution is 0.412. The minimum absolute atomic E-state index is 0.427. The molecule has 0 aliphatic carbocycles. The minimum atomic E-state index is -0.508. The highest BCUT2D eigenvalue weighted by molar-refractivity contribution is 9.10. The van der Waals surface area contributed by atoms with Crippen molar-refractivity contribution >= 4 is 44.1 Å². The van der Waals surface area contributed by atoms with Gasteiger partial charge in [-0.3, -0.25) is 4.98 Å². The monoisotopic (exact) mass is 349 g/mol. The number of aromatic nitrogens is 1. The second kappa shape index (κ2) is 5.17. The van der Waals surface area contributed by atoms with E-state index >= 15 is 0 Å². The smallest absolute Gasteiger partial charge is 0.417 e. The van der Waals surface area contributed by atoms with Crippen LogP contribution in [0.15, 0.2) is 44.0 Å². The summed E-state index contributed by atoms with van der Waals surface area (Å²) in [5.41, 5.74) is 8.94. The maximum absolute atomic E-state index is 11.2. The third kappa shape index (κ3) is 2.59. The van der Waals surface area contributed by atoms with Gasteiger partial charge in [0.1, 0.15) is 5.75 Å². The normalized spacial score (nSPS) is 10.8. The Hall–Kier alpha value is -2.41. The highest BCUT2D eigenvalue weighted by Gasteiger charge is 2.08. The van der Waals surface area contributed by atoms with E-state index in [1.54, 1.807) is 19.2 Å². The van der Waals surface area contributed by atoms with Gasteiger partial charge in [-0.15, -0.1) is 0 Å². The Balaban J connectivity index is 2.01. The second-order valence-corrected chi connectivity index (χ2v) is 5.28. The Morgan fingerprint density at radius 1 is 1.33 bits per heavy atom. The van der Waals surface area contributed by atoms with Gasteiger partial charge in [-0.2, -0.15) is 0 Å². The summed E-state index contributed by atoms with van der Waals surface area (Å²) in [4.78, 5) is 13.8. The Morgan fingerprint density at radius 2 is 2.14 bits per heavy atom. The largest absolute Gasteiger partial charge is 0.495 e. The predicted octanol–water partition coefficient (Wildman–Crippen LogP) is 3.22. The van der Waals surface area contributed by atoms with Crippen LogP contribution in [-0.2, 0) is 0 Å². The van der Waals surface area contributed by atoms with E-state index in [1.807, 2.05) is 18.2 Å². The van der Waals surface area contributed by atoms with Gasteiger partial charge in [0.15, 0.2) is 5.58 Å². The summed E-state index contributed by atoms with van der Waals surface area (Å²) in [5, 5.41) is 3.19.